The van der Waals surface area contributed by atoms with E-state index < -0.39 is 0 Å². The summed E-state index contributed by atoms with van der Waals surface area (Å²) in [6.07, 6.45) is 0. The van der Waals surface area contributed by atoms with Crippen molar-refractivity contribution in [1.82, 2.24) is 0 Å². The Morgan fingerprint density at radius 3 is 2.48 bits per heavy atom. The molecule has 0 radical (unpaired) electrons. The van der Waals surface area contributed by atoms with E-state index in [1.807, 2.05) is 42.5 Å². The maximum Gasteiger partial charge on any atom is 0.220 e. The van der Waals surface area contributed by atoms with E-state index in [0.717, 1.165) is 16.9 Å². The number of rotatable bonds is 4. The van der Waals surface area contributed by atoms with Crippen molar-refractivity contribution in [2.45, 2.75) is 26.0 Å². The predicted molar refractivity (Wildman–Crippen MR) is 83.8 cm³/mol. The number of nitrogens with zero attached hydrogens (tertiary/aromatic N) is 1. The minimum atomic E-state index is -0.165. The zero-order valence-electron chi connectivity index (χ0n) is 12.4. The molecule has 3 nitrogen and oxygen atoms in total. The molecule has 21 heavy (non-hydrogen) atoms. The summed E-state index contributed by atoms with van der Waals surface area (Å²) in [6.45, 7) is 5.27. The average Bonchev–Trinajstić information content (AvgIpc) is 2.86. The third-order valence-electron chi connectivity index (χ3n) is 3.32. The molecule has 0 saturated heterocycles. The minimum absolute atomic E-state index is 0.165. The molecule has 0 N–H and O–H groups in total. The van der Waals surface area contributed by atoms with Crippen LogP contribution in [0.15, 0.2) is 59.6 Å². The third kappa shape index (κ3) is 3.24. The van der Waals surface area contributed by atoms with Gasteiger partial charge in [-0.3, -0.25) is 0 Å². The monoisotopic (exact) mass is 281 g/mol. The number of hydrogen-bond acceptors (Lipinski definition) is 3. The topological polar surface area (TPSA) is 30.8 Å². The van der Waals surface area contributed by atoms with Gasteiger partial charge in [-0.15, -0.1) is 0 Å². The van der Waals surface area contributed by atoms with E-state index in [1.54, 1.807) is 0 Å². The van der Waals surface area contributed by atoms with Gasteiger partial charge in [0.05, 0.1) is 11.1 Å². The molecule has 0 atom stereocenters. The summed E-state index contributed by atoms with van der Waals surface area (Å²) in [5, 5.41) is 0. The first-order valence-corrected chi connectivity index (χ1v) is 7.13. The minimum Gasteiger partial charge on any atom is -0.488 e. The lowest BCUT2D eigenvalue weighted by atomic mass is 10.1. The van der Waals surface area contributed by atoms with Gasteiger partial charge in [-0.05, 0) is 31.5 Å². The van der Waals surface area contributed by atoms with E-state index in [1.165, 1.54) is 0 Å². The smallest absolute Gasteiger partial charge is 0.220 e. The maximum atomic E-state index is 5.94. The van der Waals surface area contributed by atoms with Gasteiger partial charge in [0, 0.05) is 0 Å². The van der Waals surface area contributed by atoms with Crippen molar-refractivity contribution in [3.8, 4) is 5.75 Å². The van der Waals surface area contributed by atoms with E-state index in [4.69, 9.17) is 9.47 Å². The van der Waals surface area contributed by atoms with Crippen LogP contribution in [0.4, 0.5) is 0 Å². The molecule has 3 rings (SSSR count). The van der Waals surface area contributed by atoms with Gasteiger partial charge < -0.3 is 9.47 Å². The number of para-hydroxylation sites is 1. The number of hydrogen-bond donors (Lipinski definition) is 0. The molecule has 0 unspecified atom stereocenters. The number of aliphatic imine (C=N–C) groups is 1. The molecule has 0 spiro atoms. The van der Waals surface area contributed by atoms with Crippen molar-refractivity contribution in [1.29, 1.82) is 0 Å². The molecule has 3 heteroatoms. The molecular formula is C18H19NO2. The SMILES string of the molecule is CC1(C)COC(c2ccccc2OCc2ccccc2)=N1. The van der Waals surface area contributed by atoms with Crippen LogP contribution in [0.2, 0.25) is 0 Å². The van der Waals surface area contributed by atoms with Crippen LogP contribution in [0, 0.1) is 0 Å². The molecule has 0 fully saturated rings. The quantitative estimate of drug-likeness (QED) is 0.853. The molecule has 0 amide bonds. The molecule has 0 saturated carbocycles. The van der Waals surface area contributed by atoms with Crippen molar-refractivity contribution in [3.63, 3.8) is 0 Å². The molecular weight excluding hydrogens is 262 g/mol. The summed E-state index contributed by atoms with van der Waals surface area (Å²) >= 11 is 0. The Balaban J connectivity index is 1.81. The highest BCUT2D eigenvalue weighted by molar-refractivity contribution is 5.98. The van der Waals surface area contributed by atoms with Crippen LogP contribution in [0.3, 0.4) is 0 Å². The fourth-order valence-corrected chi connectivity index (χ4v) is 2.23. The van der Waals surface area contributed by atoms with Gasteiger partial charge in [0.1, 0.15) is 19.0 Å². The second kappa shape index (κ2) is 5.60. The van der Waals surface area contributed by atoms with E-state index in [0.29, 0.717) is 19.1 Å². The fourth-order valence-electron chi connectivity index (χ4n) is 2.23. The summed E-state index contributed by atoms with van der Waals surface area (Å²) in [5.41, 5.74) is 1.89. The highest BCUT2D eigenvalue weighted by Gasteiger charge is 2.28. The van der Waals surface area contributed by atoms with Crippen LogP contribution in [0.1, 0.15) is 25.0 Å². The summed E-state index contributed by atoms with van der Waals surface area (Å²) in [7, 11) is 0. The van der Waals surface area contributed by atoms with Crippen LogP contribution >= 0.6 is 0 Å². The molecule has 1 heterocycles. The third-order valence-corrected chi connectivity index (χ3v) is 3.32. The lowest BCUT2D eigenvalue weighted by Gasteiger charge is -2.11. The normalized spacial score (nSPS) is 16.2. The maximum absolute atomic E-state index is 5.94. The van der Waals surface area contributed by atoms with E-state index in [-0.39, 0.29) is 5.54 Å². The van der Waals surface area contributed by atoms with E-state index in [9.17, 15) is 0 Å². The predicted octanol–water partition coefficient (Wildman–Crippen LogP) is 3.82. The van der Waals surface area contributed by atoms with Gasteiger partial charge in [-0.2, -0.15) is 0 Å². The van der Waals surface area contributed by atoms with Crippen LogP contribution in [-0.2, 0) is 11.3 Å². The largest absolute Gasteiger partial charge is 0.488 e. The van der Waals surface area contributed by atoms with Gasteiger partial charge in [0.2, 0.25) is 5.90 Å². The van der Waals surface area contributed by atoms with E-state index >= 15 is 0 Å². The molecule has 0 aliphatic carbocycles. The van der Waals surface area contributed by atoms with Crippen LogP contribution in [0.5, 0.6) is 5.75 Å². The zero-order chi connectivity index (χ0) is 14.7. The Labute approximate surface area is 125 Å². The first kappa shape index (κ1) is 13.7. The lowest BCUT2D eigenvalue weighted by Crippen LogP contribution is -2.17. The van der Waals surface area contributed by atoms with Crippen molar-refractivity contribution in [2.24, 2.45) is 4.99 Å². The molecule has 0 bridgehead atoms. The first-order valence-electron chi connectivity index (χ1n) is 7.13. The molecule has 108 valence electrons. The summed E-state index contributed by atoms with van der Waals surface area (Å²) < 4.78 is 11.7. The van der Waals surface area contributed by atoms with Gasteiger partial charge in [0.15, 0.2) is 0 Å². The van der Waals surface area contributed by atoms with Crippen molar-refractivity contribution in [3.05, 3.63) is 65.7 Å². The fraction of sp³-hybridized carbons (Fsp3) is 0.278. The average molecular weight is 281 g/mol. The number of benzene rings is 2. The van der Waals surface area contributed by atoms with Crippen LogP contribution in [-0.4, -0.2) is 18.0 Å². The first-order chi connectivity index (χ1) is 10.1. The summed E-state index contributed by atoms with van der Waals surface area (Å²) in [5.74, 6) is 1.47. The molecule has 2 aromatic carbocycles. The summed E-state index contributed by atoms with van der Waals surface area (Å²) in [6, 6.07) is 18.0. The second-order valence-corrected chi connectivity index (χ2v) is 5.79. The zero-order valence-corrected chi connectivity index (χ0v) is 12.4. The highest BCUT2D eigenvalue weighted by Crippen LogP contribution is 2.26. The van der Waals surface area contributed by atoms with Gasteiger partial charge in [0.25, 0.3) is 0 Å². The van der Waals surface area contributed by atoms with Crippen molar-refractivity contribution >= 4 is 5.90 Å². The van der Waals surface area contributed by atoms with Crippen molar-refractivity contribution < 1.29 is 9.47 Å². The molecule has 1 aliphatic rings. The Hall–Kier alpha value is -2.29. The Morgan fingerprint density at radius 2 is 1.76 bits per heavy atom. The Kier molecular flexibility index (Phi) is 3.65. The highest BCUT2D eigenvalue weighted by atomic mass is 16.5. The second-order valence-electron chi connectivity index (χ2n) is 5.79. The summed E-state index contributed by atoms with van der Waals surface area (Å²) in [4.78, 5) is 4.62. The standard InChI is InChI=1S/C18H19NO2/c1-18(2)13-21-17(19-18)15-10-6-7-11-16(15)20-12-14-8-4-3-5-9-14/h3-11H,12-13H2,1-2H3. The van der Waals surface area contributed by atoms with Crippen molar-refractivity contribution in [2.75, 3.05) is 6.61 Å². The lowest BCUT2D eigenvalue weighted by molar-refractivity contribution is 0.275. The molecule has 2 aromatic rings. The van der Waals surface area contributed by atoms with Gasteiger partial charge in [-0.1, -0.05) is 42.5 Å². The van der Waals surface area contributed by atoms with Gasteiger partial charge >= 0.3 is 0 Å². The van der Waals surface area contributed by atoms with Crippen LogP contribution < -0.4 is 4.74 Å². The Morgan fingerprint density at radius 1 is 1.05 bits per heavy atom. The van der Waals surface area contributed by atoms with Crippen LogP contribution in [0.25, 0.3) is 0 Å². The van der Waals surface area contributed by atoms with E-state index in [2.05, 4.69) is 31.0 Å². The number of ether oxygens (including phenoxy) is 2. The molecule has 1 aliphatic heterocycles. The van der Waals surface area contributed by atoms with Gasteiger partial charge in [-0.25, -0.2) is 4.99 Å². The molecule has 0 aromatic heterocycles. The Bertz CT molecular complexity index is 647.